The lowest BCUT2D eigenvalue weighted by atomic mass is 10.1. The van der Waals surface area contributed by atoms with Crippen LogP contribution in [0.5, 0.6) is 0 Å². The lowest BCUT2D eigenvalue weighted by molar-refractivity contribution is 1.10. The fraction of sp³-hybridized carbons (Fsp3) is 0.333. The van der Waals surface area contributed by atoms with E-state index in [4.69, 9.17) is 0 Å². The fourth-order valence-corrected chi connectivity index (χ4v) is 1.65. The molecule has 0 aliphatic heterocycles. The minimum Gasteiger partial charge on any atom is -0.0613 e. The predicted octanol–water partition coefficient (Wildman–Crippen LogP) is 5.11. The summed E-state index contributed by atoms with van der Waals surface area (Å²) in [7, 11) is 0. The van der Waals surface area contributed by atoms with E-state index in [9.17, 15) is 0 Å². The van der Waals surface area contributed by atoms with Gasteiger partial charge in [0.2, 0.25) is 0 Å². The molecule has 2 aromatic carbocycles. The van der Waals surface area contributed by atoms with Crippen LogP contribution in [0.2, 0.25) is 0 Å². The van der Waals surface area contributed by atoms with E-state index in [0.29, 0.717) is 0 Å². The SMILES string of the molecule is CCc1ccc(CC)cc1.Cc1ccc(C)cc1. The molecule has 0 heterocycles. The standard InChI is InChI=1S/C10H14.C8H10/c1-3-9-5-7-10(4-2)8-6-9;1-7-3-5-8(2)6-4-7/h5-8H,3-4H2,1-2H3;3-6H,1-2H3. The van der Waals surface area contributed by atoms with Crippen molar-refractivity contribution in [3.63, 3.8) is 0 Å². The maximum absolute atomic E-state index is 2.21. The van der Waals surface area contributed by atoms with Crippen LogP contribution in [0.3, 0.4) is 0 Å². The van der Waals surface area contributed by atoms with E-state index in [0.717, 1.165) is 12.8 Å². The molecule has 2 aromatic rings. The van der Waals surface area contributed by atoms with Gasteiger partial charge in [-0.3, -0.25) is 0 Å². The molecule has 0 N–H and O–H groups in total. The van der Waals surface area contributed by atoms with Crippen LogP contribution >= 0.6 is 0 Å². The highest BCUT2D eigenvalue weighted by atomic mass is 13.9. The smallest absolute Gasteiger partial charge is 0.0307 e. The monoisotopic (exact) mass is 240 g/mol. The quantitative estimate of drug-likeness (QED) is 0.684. The van der Waals surface area contributed by atoms with Gasteiger partial charge in [0.05, 0.1) is 0 Å². The fourth-order valence-electron chi connectivity index (χ4n) is 1.65. The second-order valence-corrected chi connectivity index (χ2v) is 4.68. The summed E-state index contributed by atoms with van der Waals surface area (Å²) in [6.07, 6.45) is 2.29. The topological polar surface area (TPSA) is 0 Å². The molecule has 0 fully saturated rings. The van der Waals surface area contributed by atoms with Gasteiger partial charge in [-0.05, 0) is 37.8 Å². The highest BCUT2D eigenvalue weighted by Crippen LogP contribution is 2.04. The molecule has 0 aliphatic rings. The number of hydrogen-bond acceptors (Lipinski definition) is 0. The summed E-state index contributed by atoms with van der Waals surface area (Å²) in [6.45, 7) is 8.56. The number of hydrogen-bond donors (Lipinski definition) is 0. The summed E-state index contributed by atoms with van der Waals surface area (Å²) in [4.78, 5) is 0. The van der Waals surface area contributed by atoms with E-state index in [1.165, 1.54) is 22.3 Å². The van der Waals surface area contributed by atoms with Crippen LogP contribution in [-0.2, 0) is 12.8 Å². The molecule has 2 rings (SSSR count). The van der Waals surface area contributed by atoms with Gasteiger partial charge in [0, 0.05) is 0 Å². The molecule has 0 bridgehead atoms. The maximum atomic E-state index is 2.21. The number of aryl methyl sites for hydroxylation is 4. The Morgan fingerprint density at radius 3 is 1.06 bits per heavy atom. The Hall–Kier alpha value is -1.56. The molecule has 18 heavy (non-hydrogen) atoms. The summed E-state index contributed by atoms with van der Waals surface area (Å²) < 4.78 is 0. The number of rotatable bonds is 2. The van der Waals surface area contributed by atoms with Crippen LogP contribution < -0.4 is 0 Å². The first-order valence-electron chi connectivity index (χ1n) is 6.76. The van der Waals surface area contributed by atoms with Crippen molar-refractivity contribution in [1.82, 2.24) is 0 Å². The Morgan fingerprint density at radius 1 is 0.556 bits per heavy atom. The first-order valence-corrected chi connectivity index (χ1v) is 6.76. The predicted molar refractivity (Wildman–Crippen MR) is 81.1 cm³/mol. The molecule has 0 nitrogen and oxygen atoms in total. The van der Waals surface area contributed by atoms with Gasteiger partial charge in [-0.2, -0.15) is 0 Å². The van der Waals surface area contributed by atoms with Crippen molar-refractivity contribution in [3.05, 3.63) is 70.8 Å². The normalized spacial score (nSPS) is 9.56. The largest absolute Gasteiger partial charge is 0.0613 e. The van der Waals surface area contributed by atoms with Gasteiger partial charge in [-0.15, -0.1) is 0 Å². The van der Waals surface area contributed by atoms with Gasteiger partial charge >= 0.3 is 0 Å². The van der Waals surface area contributed by atoms with Crippen molar-refractivity contribution in [2.75, 3.05) is 0 Å². The molecule has 0 radical (unpaired) electrons. The van der Waals surface area contributed by atoms with Gasteiger partial charge in [0.15, 0.2) is 0 Å². The molecule has 0 spiro atoms. The molecule has 0 amide bonds. The van der Waals surface area contributed by atoms with Crippen molar-refractivity contribution in [2.45, 2.75) is 40.5 Å². The van der Waals surface area contributed by atoms with Gasteiger partial charge in [0.25, 0.3) is 0 Å². The van der Waals surface area contributed by atoms with Gasteiger partial charge in [0.1, 0.15) is 0 Å². The van der Waals surface area contributed by atoms with E-state index in [1.807, 2.05) is 0 Å². The molecule has 0 saturated carbocycles. The Kier molecular flexibility index (Phi) is 6.21. The van der Waals surface area contributed by atoms with E-state index < -0.39 is 0 Å². The summed E-state index contributed by atoms with van der Waals surface area (Å²) >= 11 is 0. The van der Waals surface area contributed by atoms with E-state index >= 15 is 0 Å². The average Bonchev–Trinajstić information content (AvgIpc) is 2.43. The highest BCUT2D eigenvalue weighted by Gasteiger charge is 1.88. The van der Waals surface area contributed by atoms with Gasteiger partial charge in [-0.25, -0.2) is 0 Å². The van der Waals surface area contributed by atoms with E-state index in [1.54, 1.807) is 0 Å². The summed E-state index contributed by atoms with van der Waals surface area (Å²) in [6, 6.07) is 17.3. The summed E-state index contributed by atoms with van der Waals surface area (Å²) in [5.74, 6) is 0. The third kappa shape index (κ3) is 5.18. The van der Waals surface area contributed by atoms with Crippen molar-refractivity contribution in [2.24, 2.45) is 0 Å². The molecule has 0 aliphatic carbocycles. The molecule has 96 valence electrons. The third-order valence-electron chi connectivity index (χ3n) is 3.06. The van der Waals surface area contributed by atoms with Crippen molar-refractivity contribution >= 4 is 0 Å². The molecular weight excluding hydrogens is 216 g/mol. The minimum absolute atomic E-state index is 1.14. The summed E-state index contributed by atoms with van der Waals surface area (Å²) in [5.41, 5.74) is 5.51. The van der Waals surface area contributed by atoms with Crippen LogP contribution in [0.15, 0.2) is 48.5 Å². The Bertz CT molecular complexity index is 390. The van der Waals surface area contributed by atoms with E-state index in [-0.39, 0.29) is 0 Å². The van der Waals surface area contributed by atoms with E-state index in [2.05, 4.69) is 76.2 Å². The molecule has 0 heteroatoms. The molecular formula is C18H24. The second-order valence-electron chi connectivity index (χ2n) is 4.68. The molecule has 0 unspecified atom stereocenters. The zero-order valence-corrected chi connectivity index (χ0v) is 12.0. The van der Waals surface area contributed by atoms with Crippen LogP contribution in [0.25, 0.3) is 0 Å². The Balaban J connectivity index is 0.000000184. The molecule has 0 atom stereocenters. The zero-order valence-electron chi connectivity index (χ0n) is 12.0. The first kappa shape index (κ1) is 14.5. The van der Waals surface area contributed by atoms with Crippen molar-refractivity contribution in [3.8, 4) is 0 Å². The lowest BCUT2D eigenvalue weighted by Gasteiger charge is -1.97. The van der Waals surface area contributed by atoms with Gasteiger partial charge in [-0.1, -0.05) is 73.5 Å². The number of benzene rings is 2. The van der Waals surface area contributed by atoms with Crippen molar-refractivity contribution < 1.29 is 0 Å². The Morgan fingerprint density at radius 2 is 0.833 bits per heavy atom. The summed E-state index contributed by atoms with van der Waals surface area (Å²) in [5, 5.41) is 0. The zero-order chi connectivity index (χ0) is 13.4. The Labute approximate surface area is 112 Å². The van der Waals surface area contributed by atoms with Crippen LogP contribution in [0.4, 0.5) is 0 Å². The third-order valence-corrected chi connectivity index (χ3v) is 3.06. The highest BCUT2D eigenvalue weighted by molar-refractivity contribution is 5.22. The average molecular weight is 240 g/mol. The van der Waals surface area contributed by atoms with Crippen LogP contribution in [0.1, 0.15) is 36.1 Å². The molecule has 0 saturated heterocycles. The van der Waals surface area contributed by atoms with Crippen LogP contribution in [-0.4, -0.2) is 0 Å². The van der Waals surface area contributed by atoms with Crippen molar-refractivity contribution in [1.29, 1.82) is 0 Å². The van der Waals surface area contributed by atoms with Crippen LogP contribution in [0, 0.1) is 13.8 Å². The maximum Gasteiger partial charge on any atom is -0.0307 e. The lowest BCUT2D eigenvalue weighted by Crippen LogP contribution is -1.81. The minimum atomic E-state index is 1.14. The first-order chi connectivity index (χ1) is 8.65. The molecule has 0 aromatic heterocycles. The second kappa shape index (κ2) is 7.71. The van der Waals surface area contributed by atoms with Gasteiger partial charge < -0.3 is 0 Å².